The summed E-state index contributed by atoms with van der Waals surface area (Å²) in [6.45, 7) is 1.69. The largest absolute Gasteiger partial charge is 0.481 e. The number of aryl methyl sites for hydroxylation is 1. The van der Waals surface area contributed by atoms with Gasteiger partial charge in [0.05, 0.1) is 0 Å². The van der Waals surface area contributed by atoms with Gasteiger partial charge in [0.15, 0.2) is 6.10 Å². The maximum Gasteiger partial charge on any atom is 0.280 e. The van der Waals surface area contributed by atoms with Crippen molar-refractivity contribution in [1.29, 1.82) is 0 Å². The van der Waals surface area contributed by atoms with E-state index in [0.29, 0.717) is 5.75 Å². The van der Waals surface area contributed by atoms with Crippen LogP contribution in [0.3, 0.4) is 0 Å². The number of carbonyl (C=O) groups excluding carboxylic acids is 1. The van der Waals surface area contributed by atoms with E-state index in [0.717, 1.165) is 17.3 Å². The molecule has 2 aromatic carbocycles. The molecule has 120 valence electrons. The number of nitrogens with zero attached hydrogens (tertiary/aromatic N) is 1. The number of nitrogens with one attached hydrogen (secondary N) is 1. The third-order valence-electron chi connectivity index (χ3n) is 3.15. The topological polar surface area (TPSA) is 50.7 Å². The summed E-state index contributed by atoms with van der Waals surface area (Å²) in [4.78, 5) is 11.9. The van der Waals surface area contributed by atoms with Crippen LogP contribution in [-0.4, -0.2) is 18.2 Å². The summed E-state index contributed by atoms with van der Waals surface area (Å²) in [7, 11) is 0. The van der Waals surface area contributed by atoms with E-state index in [4.69, 9.17) is 4.74 Å². The Morgan fingerprint density at radius 3 is 2.78 bits per heavy atom. The predicted molar refractivity (Wildman–Crippen MR) is 95.6 cm³/mol. The van der Waals surface area contributed by atoms with E-state index >= 15 is 0 Å². The highest BCUT2D eigenvalue weighted by Crippen LogP contribution is 2.18. The highest BCUT2D eigenvalue weighted by atomic mass is 79.9. The van der Waals surface area contributed by atoms with Crippen molar-refractivity contribution in [3.63, 3.8) is 0 Å². The van der Waals surface area contributed by atoms with Gasteiger partial charge in [-0.3, -0.25) is 4.79 Å². The van der Waals surface area contributed by atoms with E-state index in [1.165, 1.54) is 5.56 Å². The molecule has 0 aromatic heterocycles. The number of benzene rings is 2. The van der Waals surface area contributed by atoms with Crippen LogP contribution in [0.1, 0.15) is 18.9 Å². The summed E-state index contributed by atoms with van der Waals surface area (Å²) in [5, 5.41) is 3.95. The molecular weight excluding hydrogens is 356 g/mol. The molecule has 1 unspecified atom stereocenters. The first-order valence-electron chi connectivity index (χ1n) is 7.42. The first-order valence-corrected chi connectivity index (χ1v) is 8.22. The van der Waals surface area contributed by atoms with Gasteiger partial charge >= 0.3 is 0 Å². The van der Waals surface area contributed by atoms with Crippen LogP contribution in [0.5, 0.6) is 5.75 Å². The first kappa shape index (κ1) is 17.2. The van der Waals surface area contributed by atoms with Gasteiger partial charge in [-0.2, -0.15) is 5.10 Å². The fraction of sp³-hybridized carbons (Fsp3) is 0.222. The Hall–Kier alpha value is -2.14. The standard InChI is InChI=1S/C18H19BrN2O2/c1-14(23-17-11-5-10-16(19)13-17)18(22)21-20-12-6-9-15-7-3-2-4-8-15/h2-5,7-8,10-14H,6,9H2,1H3,(H,21,22)/b20-12+. The predicted octanol–water partition coefficient (Wildman–Crippen LogP) is 3.95. The van der Waals surface area contributed by atoms with Crippen molar-refractivity contribution in [2.24, 2.45) is 5.10 Å². The molecule has 2 aromatic rings. The Morgan fingerprint density at radius 1 is 1.26 bits per heavy atom. The number of carbonyl (C=O) groups is 1. The number of amides is 1. The third kappa shape index (κ3) is 6.24. The monoisotopic (exact) mass is 374 g/mol. The molecule has 1 N–H and O–H groups in total. The zero-order valence-corrected chi connectivity index (χ0v) is 14.5. The molecule has 0 spiro atoms. The van der Waals surface area contributed by atoms with Crippen molar-refractivity contribution in [1.82, 2.24) is 5.43 Å². The molecule has 1 atom stereocenters. The lowest BCUT2D eigenvalue weighted by atomic mass is 10.1. The van der Waals surface area contributed by atoms with Gasteiger partial charge in [-0.25, -0.2) is 5.43 Å². The van der Waals surface area contributed by atoms with Crippen LogP contribution in [-0.2, 0) is 11.2 Å². The molecule has 0 fully saturated rings. The van der Waals surface area contributed by atoms with Gasteiger partial charge < -0.3 is 4.74 Å². The van der Waals surface area contributed by atoms with Crippen LogP contribution in [0, 0.1) is 0 Å². The second-order valence-corrected chi connectivity index (χ2v) is 5.95. The fourth-order valence-electron chi connectivity index (χ4n) is 1.94. The van der Waals surface area contributed by atoms with Gasteiger partial charge in [-0.05, 0) is 43.5 Å². The fourth-order valence-corrected chi connectivity index (χ4v) is 2.32. The molecule has 0 radical (unpaired) electrons. The number of rotatable bonds is 7. The summed E-state index contributed by atoms with van der Waals surface area (Å²) in [6, 6.07) is 17.5. The highest BCUT2D eigenvalue weighted by molar-refractivity contribution is 9.10. The van der Waals surface area contributed by atoms with Gasteiger partial charge in [0.2, 0.25) is 0 Å². The lowest BCUT2D eigenvalue weighted by Crippen LogP contribution is -2.33. The second-order valence-electron chi connectivity index (χ2n) is 5.03. The molecule has 0 heterocycles. The van der Waals surface area contributed by atoms with Gasteiger partial charge in [0.1, 0.15) is 5.75 Å². The van der Waals surface area contributed by atoms with E-state index in [-0.39, 0.29) is 5.91 Å². The second kappa shape index (κ2) is 9.10. The molecule has 23 heavy (non-hydrogen) atoms. The Balaban J connectivity index is 1.72. The molecule has 0 aliphatic carbocycles. The van der Waals surface area contributed by atoms with E-state index in [1.54, 1.807) is 19.2 Å². The summed E-state index contributed by atoms with van der Waals surface area (Å²) >= 11 is 3.36. The zero-order valence-electron chi connectivity index (χ0n) is 12.9. The Kier molecular flexibility index (Phi) is 6.81. The molecular formula is C18H19BrN2O2. The summed E-state index contributed by atoms with van der Waals surface area (Å²) < 4.78 is 6.47. The van der Waals surface area contributed by atoms with Crippen LogP contribution in [0.15, 0.2) is 64.2 Å². The molecule has 1 amide bonds. The van der Waals surface area contributed by atoms with Gasteiger partial charge in [0.25, 0.3) is 5.91 Å². The highest BCUT2D eigenvalue weighted by Gasteiger charge is 2.13. The molecule has 0 bridgehead atoms. The van der Waals surface area contributed by atoms with E-state index in [1.807, 2.05) is 36.4 Å². The summed E-state index contributed by atoms with van der Waals surface area (Å²) in [6.07, 6.45) is 2.75. The molecule has 4 nitrogen and oxygen atoms in total. The summed E-state index contributed by atoms with van der Waals surface area (Å²) in [5.74, 6) is 0.357. The Labute approximate surface area is 144 Å². The van der Waals surface area contributed by atoms with Crippen molar-refractivity contribution >= 4 is 28.1 Å². The number of hydrogen-bond acceptors (Lipinski definition) is 3. The molecule has 5 heteroatoms. The smallest absolute Gasteiger partial charge is 0.280 e. The van der Waals surface area contributed by atoms with Gasteiger partial charge in [-0.15, -0.1) is 0 Å². The van der Waals surface area contributed by atoms with Crippen LogP contribution >= 0.6 is 15.9 Å². The SMILES string of the molecule is CC(Oc1cccc(Br)c1)C(=O)N/N=C/CCc1ccccc1. The zero-order chi connectivity index (χ0) is 16.5. The maximum atomic E-state index is 11.9. The van der Waals surface area contributed by atoms with Crippen molar-refractivity contribution in [2.75, 3.05) is 0 Å². The molecule has 0 aliphatic rings. The Bertz CT molecular complexity index is 659. The molecule has 2 rings (SSSR count). The lowest BCUT2D eigenvalue weighted by molar-refractivity contribution is -0.127. The first-order chi connectivity index (χ1) is 11.1. The van der Waals surface area contributed by atoms with E-state index < -0.39 is 6.10 Å². The quantitative estimate of drug-likeness (QED) is 0.589. The van der Waals surface area contributed by atoms with E-state index in [2.05, 4.69) is 38.6 Å². The van der Waals surface area contributed by atoms with Crippen molar-refractivity contribution < 1.29 is 9.53 Å². The minimum Gasteiger partial charge on any atom is -0.481 e. The normalized spacial score (nSPS) is 12.1. The van der Waals surface area contributed by atoms with Crippen LogP contribution in [0.2, 0.25) is 0 Å². The van der Waals surface area contributed by atoms with Crippen LogP contribution in [0.25, 0.3) is 0 Å². The van der Waals surface area contributed by atoms with Crippen LogP contribution in [0.4, 0.5) is 0 Å². The molecule has 0 saturated heterocycles. The summed E-state index contributed by atoms with van der Waals surface area (Å²) in [5.41, 5.74) is 3.74. The number of ether oxygens (including phenoxy) is 1. The number of halogens is 1. The number of hydrogen-bond donors (Lipinski definition) is 1. The third-order valence-corrected chi connectivity index (χ3v) is 3.64. The average molecular weight is 375 g/mol. The minimum atomic E-state index is -0.615. The lowest BCUT2D eigenvalue weighted by Gasteiger charge is -2.12. The Morgan fingerprint density at radius 2 is 2.04 bits per heavy atom. The van der Waals surface area contributed by atoms with Gasteiger partial charge in [0, 0.05) is 10.7 Å². The van der Waals surface area contributed by atoms with Gasteiger partial charge in [-0.1, -0.05) is 52.3 Å². The average Bonchev–Trinajstić information content (AvgIpc) is 2.55. The number of hydrazone groups is 1. The van der Waals surface area contributed by atoms with Crippen molar-refractivity contribution in [2.45, 2.75) is 25.9 Å². The van der Waals surface area contributed by atoms with E-state index in [9.17, 15) is 4.79 Å². The maximum absolute atomic E-state index is 11.9. The molecule has 0 saturated carbocycles. The van der Waals surface area contributed by atoms with Crippen molar-refractivity contribution in [3.05, 3.63) is 64.6 Å². The molecule has 0 aliphatic heterocycles. The van der Waals surface area contributed by atoms with Crippen LogP contribution < -0.4 is 10.2 Å². The minimum absolute atomic E-state index is 0.277. The van der Waals surface area contributed by atoms with Crippen molar-refractivity contribution in [3.8, 4) is 5.75 Å².